The van der Waals surface area contributed by atoms with Crippen molar-refractivity contribution >= 4 is 11.6 Å². The van der Waals surface area contributed by atoms with Gasteiger partial charge in [0.2, 0.25) is 0 Å². The van der Waals surface area contributed by atoms with E-state index < -0.39 is 0 Å². The number of ether oxygens (including phenoxy) is 3. The number of carbonyl (C=O) groups is 2. The molecule has 1 aliphatic heterocycles. The van der Waals surface area contributed by atoms with Gasteiger partial charge in [0.25, 0.3) is 0 Å². The van der Waals surface area contributed by atoms with Gasteiger partial charge in [0.1, 0.15) is 11.5 Å². The Labute approximate surface area is 165 Å². The summed E-state index contributed by atoms with van der Waals surface area (Å²) >= 11 is 0. The zero-order valence-electron chi connectivity index (χ0n) is 16.5. The Morgan fingerprint density at radius 1 is 0.964 bits per heavy atom. The van der Waals surface area contributed by atoms with Crippen molar-refractivity contribution < 1.29 is 23.8 Å². The van der Waals surface area contributed by atoms with Crippen LogP contribution in [0.1, 0.15) is 63.4 Å². The first-order chi connectivity index (χ1) is 13.6. The fourth-order valence-corrected chi connectivity index (χ4v) is 4.35. The molecule has 0 bridgehead atoms. The summed E-state index contributed by atoms with van der Waals surface area (Å²) in [5, 5.41) is 0. The number of ketones is 2. The molecule has 1 aromatic rings. The molecule has 4 rings (SSSR count). The monoisotopic (exact) mass is 382 g/mol. The molecule has 148 valence electrons. The minimum Gasteiger partial charge on any atom is -0.493 e. The molecule has 28 heavy (non-hydrogen) atoms. The molecule has 0 radical (unpaired) electrons. The highest BCUT2D eigenvalue weighted by Crippen LogP contribution is 2.48. The summed E-state index contributed by atoms with van der Waals surface area (Å²) in [5.74, 6) is 2.60. The molecule has 0 spiro atoms. The summed E-state index contributed by atoms with van der Waals surface area (Å²) in [4.78, 5) is 25.7. The van der Waals surface area contributed by atoms with Crippen LogP contribution in [0.15, 0.2) is 40.9 Å². The van der Waals surface area contributed by atoms with Gasteiger partial charge in [-0.3, -0.25) is 9.59 Å². The second-order valence-corrected chi connectivity index (χ2v) is 7.52. The Hall–Kier alpha value is -2.56. The third kappa shape index (κ3) is 3.23. The van der Waals surface area contributed by atoms with Gasteiger partial charge in [-0.25, -0.2) is 0 Å². The van der Waals surface area contributed by atoms with E-state index in [4.69, 9.17) is 14.2 Å². The van der Waals surface area contributed by atoms with Crippen molar-refractivity contribution in [2.75, 3.05) is 13.7 Å². The van der Waals surface area contributed by atoms with E-state index in [1.165, 1.54) is 0 Å². The highest BCUT2D eigenvalue weighted by atomic mass is 16.5. The maximum Gasteiger partial charge on any atom is 0.163 e. The lowest BCUT2D eigenvalue weighted by atomic mass is 9.73. The van der Waals surface area contributed by atoms with E-state index in [-0.39, 0.29) is 17.5 Å². The zero-order chi connectivity index (χ0) is 19.7. The molecule has 0 unspecified atom stereocenters. The molecular formula is C23H26O5. The van der Waals surface area contributed by atoms with Gasteiger partial charge in [0, 0.05) is 42.7 Å². The smallest absolute Gasteiger partial charge is 0.163 e. The standard InChI is InChI=1S/C23H26O5/c1-3-12-27-17-11-10-14(13-20(17)26-2)21-22-15(24)6-4-8-18(22)28-19-9-5-7-16(25)23(19)21/h10-11,13,21H,3-9,12H2,1-2H3. The van der Waals surface area contributed by atoms with E-state index in [1.54, 1.807) is 7.11 Å². The summed E-state index contributed by atoms with van der Waals surface area (Å²) < 4.78 is 17.4. The summed E-state index contributed by atoms with van der Waals surface area (Å²) in [6.07, 6.45) is 5.01. The molecule has 0 atom stereocenters. The number of carbonyl (C=O) groups excluding carboxylic acids is 2. The number of hydrogen-bond donors (Lipinski definition) is 0. The van der Waals surface area contributed by atoms with Crippen LogP contribution in [0.3, 0.4) is 0 Å². The van der Waals surface area contributed by atoms with Gasteiger partial charge in [0.15, 0.2) is 23.1 Å². The van der Waals surface area contributed by atoms with Crippen LogP contribution in [-0.4, -0.2) is 25.3 Å². The molecule has 1 heterocycles. The summed E-state index contributed by atoms with van der Waals surface area (Å²) in [7, 11) is 1.61. The van der Waals surface area contributed by atoms with Crippen molar-refractivity contribution in [1.82, 2.24) is 0 Å². The van der Waals surface area contributed by atoms with E-state index in [2.05, 4.69) is 0 Å². The van der Waals surface area contributed by atoms with Gasteiger partial charge in [-0.05, 0) is 37.0 Å². The Morgan fingerprint density at radius 2 is 1.61 bits per heavy atom. The zero-order valence-corrected chi connectivity index (χ0v) is 16.5. The van der Waals surface area contributed by atoms with Crippen molar-refractivity contribution in [3.8, 4) is 11.5 Å². The SMILES string of the molecule is CCCOc1ccc(C2C3=C(CCCC3=O)OC3=C2C(=O)CCC3)cc1OC. The highest BCUT2D eigenvalue weighted by Gasteiger charge is 2.41. The first kappa shape index (κ1) is 18.8. The van der Waals surface area contributed by atoms with E-state index in [9.17, 15) is 9.59 Å². The van der Waals surface area contributed by atoms with Crippen LogP contribution in [0.25, 0.3) is 0 Å². The van der Waals surface area contributed by atoms with Gasteiger partial charge in [0.05, 0.1) is 13.7 Å². The first-order valence-electron chi connectivity index (χ1n) is 10.1. The average Bonchev–Trinajstić information content (AvgIpc) is 2.71. The molecule has 5 heteroatoms. The molecule has 1 aromatic carbocycles. The number of methoxy groups -OCH3 is 1. The van der Waals surface area contributed by atoms with Gasteiger partial charge < -0.3 is 14.2 Å². The predicted octanol–water partition coefficient (Wildman–Crippen LogP) is 4.61. The average molecular weight is 382 g/mol. The normalized spacial score (nSPS) is 19.9. The lowest BCUT2D eigenvalue weighted by Gasteiger charge is -2.36. The Morgan fingerprint density at radius 3 is 2.18 bits per heavy atom. The molecule has 2 aliphatic carbocycles. The van der Waals surface area contributed by atoms with Gasteiger partial charge in [-0.1, -0.05) is 13.0 Å². The number of benzene rings is 1. The van der Waals surface area contributed by atoms with E-state index >= 15 is 0 Å². The topological polar surface area (TPSA) is 61.8 Å². The largest absolute Gasteiger partial charge is 0.493 e. The Bertz CT molecular complexity index is 835. The first-order valence-corrected chi connectivity index (χ1v) is 10.1. The van der Waals surface area contributed by atoms with Crippen LogP contribution in [0.2, 0.25) is 0 Å². The van der Waals surface area contributed by atoms with Gasteiger partial charge in [-0.15, -0.1) is 0 Å². The maximum absolute atomic E-state index is 12.8. The molecule has 0 saturated heterocycles. The van der Waals surface area contributed by atoms with E-state index in [1.807, 2.05) is 25.1 Å². The highest BCUT2D eigenvalue weighted by molar-refractivity contribution is 6.05. The number of allylic oxidation sites excluding steroid dienone is 4. The molecule has 0 N–H and O–H groups in total. The van der Waals surface area contributed by atoms with Crippen LogP contribution in [0.5, 0.6) is 11.5 Å². The molecule has 3 aliphatic rings. The number of hydrogen-bond acceptors (Lipinski definition) is 5. The van der Waals surface area contributed by atoms with Crippen molar-refractivity contribution in [3.63, 3.8) is 0 Å². The molecule has 0 saturated carbocycles. The molecule has 0 fully saturated rings. The minimum atomic E-state index is -0.367. The predicted molar refractivity (Wildman–Crippen MR) is 104 cm³/mol. The van der Waals surface area contributed by atoms with Crippen molar-refractivity contribution in [3.05, 3.63) is 46.4 Å². The lowest BCUT2D eigenvalue weighted by Crippen LogP contribution is -2.30. The third-order valence-electron chi connectivity index (χ3n) is 5.62. The van der Waals surface area contributed by atoms with Gasteiger partial charge in [-0.2, -0.15) is 0 Å². The second-order valence-electron chi connectivity index (χ2n) is 7.52. The van der Waals surface area contributed by atoms with Crippen molar-refractivity contribution in [2.24, 2.45) is 0 Å². The number of Topliss-reactive ketones (excluding diaryl/α,β-unsaturated/α-hetero) is 2. The summed E-state index contributed by atoms with van der Waals surface area (Å²) in [5.41, 5.74) is 2.20. The van der Waals surface area contributed by atoms with E-state index in [0.29, 0.717) is 42.1 Å². The molecule has 5 nitrogen and oxygen atoms in total. The van der Waals surface area contributed by atoms with Crippen molar-refractivity contribution in [2.45, 2.75) is 57.8 Å². The number of rotatable bonds is 5. The van der Waals surface area contributed by atoms with Crippen LogP contribution >= 0.6 is 0 Å². The van der Waals surface area contributed by atoms with Crippen LogP contribution in [0, 0.1) is 0 Å². The van der Waals surface area contributed by atoms with Crippen LogP contribution in [-0.2, 0) is 14.3 Å². The molecular weight excluding hydrogens is 356 g/mol. The maximum atomic E-state index is 12.8. The van der Waals surface area contributed by atoms with Gasteiger partial charge >= 0.3 is 0 Å². The fourth-order valence-electron chi connectivity index (χ4n) is 4.35. The quantitative estimate of drug-likeness (QED) is 0.744. The van der Waals surface area contributed by atoms with E-state index in [0.717, 1.165) is 49.2 Å². The summed E-state index contributed by atoms with van der Waals surface area (Å²) in [6.45, 7) is 2.66. The van der Waals surface area contributed by atoms with Crippen LogP contribution < -0.4 is 9.47 Å². The fraction of sp³-hybridized carbons (Fsp3) is 0.478. The third-order valence-corrected chi connectivity index (χ3v) is 5.62. The molecule has 0 aromatic heterocycles. The second kappa shape index (κ2) is 7.82. The van der Waals surface area contributed by atoms with Crippen LogP contribution in [0.4, 0.5) is 0 Å². The van der Waals surface area contributed by atoms with Crippen molar-refractivity contribution in [1.29, 1.82) is 0 Å². The summed E-state index contributed by atoms with van der Waals surface area (Å²) in [6, 6.07) is 5.73. The lowest BCUT2D eigenvalue weighted by molar-refractivity contribution is -0.117. The minimum absolute atomic E-state index is 0.0847. The Kier molecular flexibility index (Phi) is 5.25. The Balaban J connectivity index is 1.82. The molecule has 0 amide bonds.